The van der Waals surface area contributed by atoms with Gasteiger partial charge in [0.15, 0.2) is 0 Å². The number of ether oxygens (including phenoxy) is 1. The van der Waals surface area contributed by atoms with Crippen LogP contribution in [0.15, 0.2) is 52.9 Å². The molecule has 0 aliphatic rings. The summed E-state index contributed by atoms with van der Waals surface area (Å²) >= 11 is 1.63. The second-order valence-electron chi connectivity index (χ2n) is 7.12. The van der Waals surface area contributed by atoms with Crippen molar-refractivity contribution in [1.29, 1.82) is 0 Å². The topological polar surface area (TPSA) is 83.0 Å². The standard InChI is InChI=1S/C24H28N4O3S/c1-5-28(6-2)20-12-11-17(13-21(20)31-4)24(30)25-14-23(29)27-26-16(3)19-15-32-22-10-8-7-9-18(19)22/h7-13,15H,5-6,14H2,1-4H3,(H,25,30)(H,27,29)/b26-16+. The molecule has 7 nitrogen and oxygen atoms in total. The van der Waals surface area contributed by atoms with Crippen molar-refractivity contribution in [2.45, 2.75) is 20.8 Å². The van der Waals surface area contributed by atoms with Crippen LogP contribution in [0, 0.1) is 0 Å². The van der Waals surface area contributed by atoms with E-state index in [1.165, 1.54) is 0 Å². The number of thiophene rings is 1. The maximum absolute atomic E-state index is 12.5. The number of rotatable bonds is 9. The van der Waals surface area contributed by atoms with Crippen LogP contribution in [-0.4, -0.2) is 44.3 Å². The zero-order valence-electron chi connectivity index (χ0n) is 18.8. The molecule has 0 spiro atoms. The molecule has 3 aromatic rings. The summed E-state index contributed by atoms with van der Waals surface area (Å²) in [6, 6.07) is 13.3. The molecule has 1 heterocycles. The molecule has 2 aromatic carbocycles. The Hall–Kier alpha value is -3.39. The zero-order chi connectivity index (χ0) is 23.1. The lowest BCUT2D eigenvalue weighted by Crippen LogP contribution is -2.35. The fourth-order valence-corrected chi connectivity index (χ4v) is 4.42. The number of amides is 2. The Bertz CT molecular complexity index is 1140. The number of benzene rings is 2. The van der Waals surface area contributed by atoms with Crippen molar-refractivity contribution in [3.05, 3.63) is 59.0 Å². The first kappa shape index (κ1) is 23.3. The molecular weight excluding hydrogens is 424 g/mol. The predicted molar refractivity (Wildman–Crippen MR) is 131 cm³/mol. The fourth-order valence-electron chi connectivity index (χ4n) is 3.41. The number of hydrogen-bond donors (Lipinski definition) is 2. The van der Waals surface area contributed by atoms with Gasteiger partial charge >= 0.3 is 0 Å². The number of nitrogens with zero attached hydrogens (tertiary/aromatic N) is 2. The highest BCUT2D eigenvalue weighted by molar-refractivity contribution is 7.17. The van der Waals surface area contributed by atoms with E-state index >= 15 is 0 Å². The van der Waals surface area contributed by atoms with Crippen molar-refractivity contribution >= 4 is 44.6 Å². The minimum atomic E-state index is -0.399. The van der Waals surface area contributed by atoms with Gasteiger partial charge in [-0.05, 0) is 45.0 Å². The Labute approximate surface area is 192 Å². The SMILES string of the molecule is CCN(CC)c1ccc(C(=O)NCC(=O)N/N=C(\C)c2csc3ccccc23)cc1OC. The molecule has 2 N–H and O–H groups in total. The first-order valence-corrected chi connectivity index (χ1v) is 11.4. The largest absolute Gasteiger partial charge is 0.495 e. The third kappa shape index (κ3) is 5.26. The molecule has 0 aliphatic carbocycles. The van der Waals surface area contributed by atoms with E-state index in [2.05, 4.69) is 40.7 Å². The molecule has 0 fully saturated rings. The average Bonchev–Trinajstić information content (AvgIpc) is 3.26. The van der Waals surface area contributed by atoms with Crippen LogP contribution < -0.4 is 20.4 Å². The van der Waals surface area contributed by atoms with Crippen LogP contribution in [0.5, 0.6) is 5.75 Å². The number of hydrogen-bond acceptors (Lipinski definition) is 6. The van der Waals surface area contributed by atoms with E-state index < -0.39 is 5.91 Å². The van der Waals surface area contributed by atoms with Crippen LogP contribution in [0.2, 0.25) is 0 Å². The molecule has 2 amide bonds. The molecule has 0 saturated carbocycles. The van der Waals surface area contributed by atoms with Crippen molar-refractivity contribution in [1.82, 2.24) is 10.7 Å². The van der Waals surface area contributed by atoms with Crippen molar-refractivity contribution < 1.29 is 14.3 Å². The maximum Gasteiger partial charge on any atom is 0.259 e. The summed E-state index contributed by atoms with van der Waals surface area (Å²) in [6.07, 6.45) is 0. The van der Waals surface area contributed by atoms with E-state index in [0.29, 0.717) is 17.0 Å². The molecule has 0 atom stereocenters. The van der Waals surface area contributed by atoms with Gasteiger partial charge in [0.05, 0.1) is 25.1 Å². The number of hydrazone groups is 1. The molecule has 1 aromatic heterocycles. The summed E-state index contributed by atoms with van der Waals surface area (Å²) in [5.74, 6) is -0.132. The minimum absolute atomic E-state index is 0.180. The van der Waals surface area contributed by atoms with Gasteiger partial charge in [0.1, 0.15) is 5.75 Å². The Morgan fingerprint density at radius 3 is 2.59 bits per heavy atom. The molecule has 0 radical (unpaired) electrons. The Morgan fingerprint density at radius 1 is 1.12 bits per heavy atom. The molecule has 168 valence electrons. The first-order chi connectivity index (χ1) is 15.5. The monoisotopic (exact) mass is 452 g/mol. The van der Waals surface area contributed by atoms with Crippen molar-refractivity contribution in [3.8, 4) is 5.75 Å². The number of anilines is 1. The van der Waals surface area contributed by atoms with Gasteiger partial charge in [-0.2, -0.15) is 5.10 Å². The van der Waals surface area contributed by atoms with E-state index in [9.17, 15) is 9.59 Å². The summed E-state index contributed by atoms with van der Waals surface area (Å²) in [5, 5.41) is 9.94. The Morgan fingerprint density at radius 2 is 1.88 bits per heavy atom. The summed E-state index contributed by atoms with van der Waals surface area (Å²) in [4.78, 5) is 26.9. The average molecular weight is 453 g/mol. The van der Waals surface area contributed by atoms with E-state index in [1.807, 2.05) is 36.6 Å². The lowest BCUT2D eigenvalue weighted by Gasteiger charge is -2.23. The van der Waals surface area contributed by atoms with E-state index in [4.69, 9.17) is 4.74 Å². The molecule has 0 aliphatic heterocycles. The highest BCUT2D eigenvalue weighted by Crippen LogP contribution is 2.29. The number of nitrogens with one attached hydrogen (secondary N) is 2. The smallest absolute Gasteiger partial charge is 0.259 e. The van der Waals surface area contributed by atoms with Crippen molar-refractivity contribution in [2.75, 3.05) is 31.6 Å². The lowest BCUT2D eigenvalue weighted by atomic mass is 10.1. The van der Waals surface area contributed by atoms with E-state index in [-0.39, 0.29) is 12.5 Å². The first-order valence-electron chi connectivity index (χ1n) is 10.5. The zero-order valence-corrected chi connectivity index (χ0v) is 19.6. The van der Waals surface area contributed by atoms with Crippen LogP contribution in [0.25, 0.3) is 10.1 Å². The number of carbonyl (C=O) groups is 2. The third-order valence-electron chi connectivity index (χ3n) is 5.17. The Balaban J connectivity index is 1.60. The quantitative estimate of drug-likeness (QED) is 0.379. The van der Waals surface area contributed by atoms with Crippen LogP contribution in [0.3, 0.4) is 0 Å². The van der Waals surface area contributed by atoms with Crippen LogP contribution in [-0.2, 0) is 4.79 Å². The normalized spacial score (nSPS) is 11.3. The van der Waals surface area contributed by atoms with Gasteiger partial charge in [0, 0.05) is 39.7 Å². The highest BCUT2D eigenvalue weighted by atomic mass is 32.1. The molecule has 32 heavy (non-hydrogen) atoms. The number of methoxy groups -OCH3 is 1. The van der Waals surface area contributed by atoms with Gasteiger partial charge in [-0.15, -0.1) is 11.3 Å². The lowest BCUT2D eigenvalue weighted by molar-refractivity contribution is -0.120. The van der Waals surface area contributed by atoms with Crippen LogP contribution in [0.4, 0.5) is 5.69 Å². The maximum atomic E-state index is 12.5. The molecular formula is C24H28N4O3S. The number of carbonyl (C=O) groups excluding carboxylic acids is 2. The number of fused-ring (bicyclic) bond motifs is 1. The van der Waals surface area contributed by atoms with E-state index in [0.717, 1.165) is 34.4 Å². The van der Waals surface area contributed by atoms with Gasteiger partial charge in [-0.1, -0.05) is 18.2 Å². The van der Waals surface area contributed by atoms with Crippen molar-refractivity contribution in [2.24, 2.45) is 5.10 Å². The van der Waals surface area contributed by atoms with Gasteiger partial charge in [0.25, 0.3) is 11.8 Å². The molecule has 8 heteroatoms. The second kappa shape index (κ2) is 10.8. The summed E-state index contributed by atoms with van der Waals surface area (Å²) in [6.45, 7) is 7.46. The Kier molecular flexibility index (Phi) is 7.83. The van der Waals surface area contributed by atoms with E-state index in [1.54, 1.807) is 30.6 Å². The highest BCUT2D eigenvalue weighted by Gasteiger charge is 2.14. The third-order valence-corrected chi connectivity index (χ3v) is 6.14. The van der Waals surface area contributed by atoms with Gasteiger partial charge in [-0.3, -0.25) is 9.59 Å². The molecule has 0 unspecified atom stereocenters. The minimum Gasteiger partial charge on any atom is -0.495 e. The van der Waals surface area contributed by atoms with Gasteiger partial charge in [0.2, 0.25) is 0 Å². The molecule has 0 saturated heterocycles. The van der Waals surface area contributed by atoms with Crippen molar-refractivity contribution in [3.63, 3.8) is 0 Å². The summed E-state index contributed by atoms with van der Waals surface area (Å²) in [5.41, 5.74) is 5.55. The fraction of sp³-hybridized carbons (Fsp3) is 0.292. The predicted octanol–water partition coefficient (Wildman–Crippen LogP) is 4.03. The van der Waals surface area contributed by atoms with Crippen LogP contribution in [0.1, 0.15) is 36.7 Å². The van der Waals surface area contributed by atoms with Crippen LogP contribution >= 0.6 is 11.3 Å². The van der Waals surface area contributed by atoms with Gasteiger partial charge < -0.3 is 15.0 Å². The van der Waals surface area contributed by atoms with Gasteiger partial charge in [-0.25, -0.2) is 5.43 Å². The molecule has 0 bridgehead atoms. The second-order valence-corrected chi connectivity index (χ2v) is 8.03. The summed E-state index contributed by atoms with van der Waals surface area (Å²) in [7, 11) is 1.58. The summed E-state index contributed by atoms with van der Waals surface area (Å²) < 4.78 is 6.62. The molecule has 3 rings (SSSR count).